The first-order valence-corrected chi connectivity index (χ1v) is 10.9. The summed E-state index contributed by atoms with van der Waals surface area (Å²) < 4.78 is 5.52. The zero-order valence-electron chi connectivity index (χ0n) is 18.6. The summed E-state index contributed by atoms with van der Waals surface area (Å²) in [5.74, 6) is -2.44. The van der Waals surface area contributed by atoms with Gasteiger partial charge in [-0.05, 0) is 40.5 Å². The molecule has 1 aliphatic rings. The van der Waals surface area contributed by atoms with Crippen molar-refractivity contribution in [2.24, 2.45) is 0 Å². The molecule has 4 N–H and O–H groups in total. The quantitative estimate of drug-likeness (QED) is 0.397. The minimum Gasteiger partial charge on any atom is -0.480 e. The molecule has 0 fully saturated rings. The van der Waals surface area contributed by atoms with E-state index in [1.165, 1.54) is 12.1 Å². The van der Waals surface area contributed by atoms with E-state index in [9.17, 15) is 19.2 Å². The smallest absolute Gasteiger partial charge is 0.411 e. The lowest BCUT2D eigenvalue weighted by molar-refractivity contribution is -0.137. The molecule has 0 saturated carbocycles. The SMILES string of the molecule is O=C(O)CNC(=O)CNC(=O)c1cccc(NC(=O)OCC2c3ccccc3-c3ccccc32)c1. The number of ether oxygens (including phenoxy) is 1. The van der Waals surface area contributed by atoms with E-state index >= 15 is 0 Å². The van der Waals surface area contributed by atoms with Gasteiger partial charge >= 0.3 is 12.1 Å². The molecule has 3 aromatic rings. The predicted octanol–water partition coefficient (Wildman–Crippen LogP) is 2.98. The van der Waals surface area contributed by atoms with Gasteiger partial charge in [0.15, 0.2) is 0 Å². The van der Waals surface area contributed by atoms with Crippen molar-refractivity contribution in [1.29, 1.82) is 0 Å². The van der Waals surface area contributed by atoms with Gasteiger partial charge in [-0.15, -0.1) is 0 Å². The highest BCUT2D eigenvalue weighted by Crippen LogP contribution is 2.44. The molecular formula is C26H23N3O6. The second kappa shape index (κ2) is 10.5. The number of hydrogen-bond donors (Lipinski definition) is 4. The Bertz CT molecular complexity index is 1240. The van der Waals surface area contributed by atoms with Gasteiger partial charge in [-0.3, -0.25) is 19.7 Å². The Balaban J connectivity index is 1.33. The molecule has 0 spiro atoms. The molecule has 9 heteroatoms. The third-order valence-corrected chi connectivity index (χ3v) is 5.56. The second-order valence-corrected chi connectivity index (χ2v) is 7.88. The molecule has 1 aliphatic carbocycles. The molecule has 0 aromatic heterocycles. The molecule has 4 rings (SSSR count). The fourth-order valence-electron chi connectivity index (χ4n) is 3.99. The minimum atomic E-state index is -1.18. The van der Waals surface area contributed by atoms with Crippen LogP contribution in [0.3, 0.4) is 0 Å². The van der Waals surface area contributed by atoms with Gasteiger partial charge < -0.3 is 20.5 Å². The molecule has 0 atom stereocenters. The largest absolute Gasteiger partial charge is 0.480 e. The third-order valence-electron chi connectivity index (χ3n) is 5.56. The molecular weight excluding hydrogens is 450 g/mol. The van der Waals surface area contributed by atoms with Crippen molar-refractivity contribution in [3.8, 4) is 11.1 Å². The summed E-state index contributed by atoms with van der Waals surface area (Å²) in [5.41, 5.74) is 5.04. The van der Waals surface area contributed by atoms with E-state index in [2.05, 4.69) is 28.1 Å². The third kappa shape index (κ3) is 5.64. The van der Waals surface area contributed by atoms with Crippen molar-refractivity contribution in [1.82, 2.24) is 10.6 Å². The first-order valence-electron chi connectivity index (χ1n) is 10.9. The van der Waals surface area contributed by atoms with Crippen molar-refractivity contribution in [3.05, 3.63) is 89.5 Å². The maximum atomic E-state index is 12.5. The normalized spacial score (nSPS) is 11.7. The number of carbonyl (C=O) groups excluding carboxylic acids is 3. The monoisotopic (exact) mass is 473 g/mol. The Morgan fingerprint density at radius 1 is 0.800 bits per heavy atom. The molecule has 0 aliphatic heterocycles. The lowest BCUT2D eigenvalue weighted by atomic mass is 9.98. The summed E-state index contributed by atoms with van der Waals surface area (Å²) >= 11 is 0. The minimum absolute atomic E-state index is 0.0717. The summed E-state index contributed by atoms with van der Waals surface area (Å²) in [7, 11) is 0. The van der Waals surface area contributed by atoms with Crippen LogP contribution in [0, 0.1) is 0 Å². The molecule has 3 amide bonds. The highest BCUT2D eigenvalue weighted by Gasteiger charge is 2.29. The van der Waals surface area contributed by atoms with E-state index < -0.39 is 30.4 Å². The van der Waals surface area contributed by atoms with Gasteiger partial charge in [0.25, 0.3) is 5.91 Å². The molecule has 178 valence electrons. The van der Waals surface area contributed by atoms with Crippen LogP contribution >= 0.6 is 0 Å². The fraction of sp³-hybridized carbons (Fsp3) is 0.154. The van der Waals surface area contributed by atoms with Gasteiger partial charge in [-0.1, -0.05) is 54.6 Å². The van der Waals surface area contributed by atoms with Crippen LogP contribution in [-0.2, 0) is 14.3 Å². The summed E-state index contributed by atoms with van der Waals surface area (Å²) in [4.78, 5) is 46.8. The Morgan fingerprint density at radius 2 is 1.46 bits per heavy atom. The lowest BCUT2D eigenvalue weighted by Gasteiger charge is -2.15. The van der Waals surface area contributed by atoms with Crippen molar-refractivity contribution in [2.75, 3.05) is 25.0 Å². The average molecular weight is 473 g/mol. The van der Waals surface area contributed by atoms with E-state index in [0.717, 1.165) is 22.3 Å². The van der Waals surface area contributed by atoms with E-state index in [4.69, 9.17) is 9.84 Å². The van der Waals surface area contributed by atoms with Crippen molar-refractivity contribution in [2.45, 2.75) is 5.92 Å². The van der Waals surface area contributed by atoms with E-state index in [1.54, 1.807) is 12.1 Å². The summed E-state index contributed by atoms with van der Waals surface area (Å²) in [6.45, 7) is -0.754. The van der Waals surface area contributed by atoms with Crippen LogP contribution in [0.5, 0.6) is 0 Å². The van der Waals surface area contributed by atoms with Crippen molar-refractivity contribution < 1.29 is 29.0 Å². The number of benzene rings is 3. The Hall–Kier alpha value is -4.66. The van der Waals surface area contributed by atoms with Gasteiger partial charge in [-0.2, -0.15) is 0 Å². The first kappa shape index (κ1) is 23.5. The zero-order valence-corrected chi connectivity index (χ0v) is 18.6. The maximum Gasteiger partial charge on any atom is 0.411 e. The van der Waals surface area contributed by atoms with Crippen molar-refractivity contribution in [3.63, 3.8) is 0 Å². The maximum absolute atomic E-state index is 12.5. The molecule has 0 unspecified atom stereocenters. The number of carboxylic acids is 1. The molecule has 0 radical (unpaired) electrons. The molecule has 9 nitrogen and oxygen atoms in total. The average Bonchev–Trinajstić information content (AvgIpc) is 3.18. The number of rotatable bonds is 8. The topological polar surface area (TPSA) is 134 Å². The number of hydrogen-bond acceptors (Lipinski definition) is 5. The van der Waals surface area contributed by atoms with Crippen LogP contribution in [-0.4, -0.2) is 48.7 Å². The summed E-state index contributed by atoms with van der Waals surface area (Å²) in [6, 6.07) is 22.2. The number of carbonyl (C=O) groups is 4. The molecule has 0 bridgehead atoms. The van der Waals surface area contributed by atoms with Crippen LogP contribution in [0.1, 0.15) is 27.4 Å². The number of amides is 3. The number of anilines is 1. The second-order valence-electron chi connectivity index (χ2n) is 7.88. The van der Waals surface area contributed by atoms with Crippen LogP contribution in [0.4, 0.5) is 10.5 Å². The van der Waals surface area contributed by atoms with Crippen LogP contribution in [0.2, 0.25) is 0 Å². The number of aliphatic carboxylic acids is 1. The zero-order chi connectivity index (χ0) is 24.8. The molecule has 3 aromatic carbocycles. The molecule has 35 heavy (non-hydrogen) atoms. The van der Waals surface area contributed by atoms with Crippen LogP contribution in [0.25, 0.3) is 11.1 Å². The number of carboxylic acid groups (broad SMARTS) is 1. The van der Waals surface area contributed by atoms with E-state index in [0.29, 0.717) is 5.69 Å². The predicted molar refractivity (Wildman–Crippen MR) is 128 cm³/mol. The highest BCUT2D eigenvalue weighted by molar-refractivity contribution is 5.98. The summed E-state index contributed by atoms with van der Waals surface area (Å²) in [5, 5.41) is 15.7. The van der Waals surface area contributed by atoms with Crippen molar-refractivity contribution >= 4 is 29.6 Å². The van der Waals surface area contributed by atoms with Gasteiger partial charge in [0.2, 0.25) is 5.91 Å². The first-order chi connectivity index (χ1) is 16.9. The van der Waals surface area contributed by atoms with Gasteiger partial charge in [-0.25, -0.2) is 4.79 Å². The summed E-state index contributed by atoms with van der Waals surface area (Å²) in [6.07, 6.45) is -0.655. The highest BCUT2D eigenvalue weighted by atomic mass is 16.5. The van der Waals surface area contributed by atoms with E-state index in [-0.39, 0.29) is 24.6 Å². The van der Waals surface area contributed by atoms with Crippen LogP contribution < -0.4 is 16.0 Å². The molecule has 0 saturated heterocycles. The molecule has 0 heterocycles. The van der Waals surface area contributed by atoms with Gasteiger partial charge in [0.05, 0.1) is 6.54 Å². The Labute approximate surface area is 201 Å². The van der Waals surface area contributed by atoms with E-state index in [1.807, 2.05) is 36.4 Å². The number of fused-ring (bicyclic) bond motifs is 3. The lowest BCUT2D eigenvalue weighted by Crippen LogP contribution is -2.39. The standard InChI is InChI=1S/C26H23N3O6/c30-23(27-14-24(31)32)13-28-25(33)16-6-5-7-17(12-16)29-26(34)35-15-22-20-10-3-1-8-18(20)19-9-2-4-11-21(19)22/h1-12,22H,13-15H2,(H,27,30)(H,28,33)(H,29,34)(H,31,32). The van der Waals surface area contributed by atoms with Gasteiger partial charge in [0.1, 0.15) is 13.2 Å². The van der Waals surface area contributed by atoms with Gasteiger partial charge in [0, 0.05) is 17.2 Å². The van der Waals surface area contributed by atoms with Crippen LogP contribution in [0.15, 0.2) is 72.8 Å². The fourth-order valence-corrected chi connectivity index (χ4v) is 3.99. The Morgan fingerprint density at radius 3 is 2.11 bits per heavy atom. The Kier molecular flexibility index (Phi) is 7.06. The number of nitrogens with one attached hydrogen (secondary N) is 3.